The number of aromatic nitrogens is 3. The number of nitrogens with zero attached hydrogens (tertiary/aromatic N) is 3. The summed E-state index contributed by atoms with van der Waals surface area (Å²) in [6, 6.07) is 20.0. The van der Waals surface area contributed by atoms with E-state index < -0.39 is 0 Å². The fourth-order valence-corrected chi connectivity index (χ4v) is 3.49. The van der Waals surface area contributed by atoms with Gasteiger partial charge in [0.25, 0.3) is 0 Å². The van der Waals surface area contributed by atoms with Crippen LogP contribution in [0.15, 0.2) is 66.9 Å². The highest BCUT2D eigenvalue weighted by Gasteiger charge is 2.16. The number of benzene rings is 2. The second-order valence-electron chi connectivity index (χ2n) is 8.53. The van der Waals surface area contributed by atoms with Crippen molar-refractivity contribution in [3.8, 4) is 11.3 Å². The largest absolute Gasteiger partial charge is 0.294 e. The number of hydrogen-bond acceptors (Lipinski definition) is 3. The molecule has 0 saturated heterocycles. The molecule has 2 aromatic carbocycles. The van der Waals surface area contributed by atoms with E-state index in [0.717, 1.165) is 22.6 Å². The summed E-state index contributed by atoms with van der Waals surface area (Å²) in [7, 11) is 0. The van der Waals surface area contributed by atoms with Gasteiger partial charge in [-0.3, -0.25) is 4.79 Å². The van der Waals surface area contributed by atoms with Crippen LogP contribution < -0.4 is 0 Å². The first-order valence-corrected chi connectivity index (χ1v) is 9.86. The topological polar surface area (TPSA) is 47.3 Å². The third-order valence-electron chi connectivity index (χ3n) is 5.14. The number of ketones is 1. The average Bonchev–Trinajstić information content (AvgIpc) is 3.15. The fourth-order valence-electron chi connectivity index (χ4n) is 3.49. The molecule has 0 unspecified atom stereocenters. The van der Waals surface area contributed by atoms with Gasteiger partial charge in [0.15, 0.2) is 11.4 Å². The van der Waals surface area contributed by atoms with Gasteiger partial charge in [0.2, 0.25) is 0 Å². The summed E-state index contributed by atoms with van der Waals surface area (Å²) in [6.07, 6.45) is 1.99. The van der Waals surface area contributed by atoms with E-state index in [2.05, 4.69) is 56.0 Å². The first-order valence-electron chi connectivity index (χ1n) is 9.86. The van der Waals surface area contributed by atoms with Crippen LogP contribution in [0.4, 0.5) is 0 Å². The molecule has 4 aromatic rings. The summed E-state index contributed by atoms with van der Waals surface area (Å²) < 4.78 is 1.82. The van der Waals surface area contributed by atoms with E-state index in [1.54, 1.807) is 6.20 Å². The van der Waals surface area contributed by atoms with Gasteiger partial charge >= 0.3 is 0 Å². The zero-order valence-electron chi connectivity index (χ0n) is 17.3. The van der Waals surface area contributed by atoms with E-state index in [1.165, 1.54) is 11.1 Å². The minimum atomic E-state index is 0.0667. The molecule has 2 aromatic heterocycles. The summed E-state index contributed by atoms with van der Waals surface area (Å²) in [5.41, 5.74) is 6.67. The van der Waals surface area contributed by atoms with E-state index in [4.69, 9.17) is 0 Å². The maximum Gasteiger partial charge on any atom is 0.168 e. The number of hydrogen-bond donors (Lipinski definition) is 0. The van der Waals surface area contributed by atoms with E-state index in [9.17, 15) is 4.79 Å². The maximum atomic E-state index is 12.9. The van der Waals surface area contributed by atoms with Crippen LogP contribution in [-0.2, 0) is 11.8 Å². The van der Waals surface area contributed by atoms with Crippen LogP contribution in [0.2, 0.25) is 0 Å². The van der Waals surface area contributed by atoms with Gasteiger partial charge in [-0.2, -0.15) is 5.10 Å². The molecule has 0 fully saturated rings. The van der Waals surface area contributed by atoms with Crippen LogP contribution in [-0.4, -0.2) is 20.4 Å². The molecule has 0 aliphatic carbocycles. The average molecular weight is 383 g/mol. The third kappa shape index (κ3) is 3.97. The van der Waals surface area contributed by atoms with Gasteiger partial charge in [0.05, 0.1) is 24.0 Å². The van der Waals surface area contributed by atoms with Crippen LogP contribution in [0.1, 0.15) is 48.0 Å². The Labute approximate surface area is 171 Å². The zero-order valence-corrected chi connectivity index (χ0v) is 17.3. The quantitative estimate of drug-likeness (QED) is 0.442. The van der Waals surface area contributed by atoms with Crippen LogP contribution in [0.3, 0.4) is 0 Å². The SMILES string of the molecule is Cc1cccc(-c2cc(CC(=O)c3ccc(C(C)(C)C)cc3)nc3ccnn23)c1. The molecule has 29 heavy (non-hydrogen) atoms. The van der Waals surface area contributed by atoms with Crippen molar-refractivity contribution in [1.29, 1.82) is 0 Å². The first-order chi connectivity index (χ1) is 13.8. The number of carbonyl (C=O) groups is 1. The molecular weight excluding hydrogens is 358 g/mol. The second-order valence-corrected chi connectivity index (χ2v) is 8.53. The molecule has 0 spiro atoms. The van der Waals surface area contributed by atoms with E-state index in [0.29, 0.717) is 5.56 Å². The van der Waals surface area contributed by atoms with E-state index in [1.807, 2.05) is 47.0 Å². The van der Waals surface area contributed by atoms with Crippen molar-refractivity contribution in [2.75, 3.05) is 0 Å². The smallest absolute Gasteiger partial charge is 0.168 e. The van der Waals surface area contributed by atoms with Gasteiger partial charge in [-0.1, -0.05) is 68.8 Å². The van der Waals surface area contributed by atoms with E-state index >= 15 is 0 Å². The van der Waals surface area contributed by atoms with E-state index in [-0.39, 0.29) is 17.6 Å². The number of fused-ring (bicyclic) bond motifs is 1. The Morgan fingerprint density at radius 2 is 1.76 bits per heavy atom. The van der Waals surface area contributed by atoms with Crippen LogP contribution >= 0.6 is 0 Å². The lowest BCUT2D eigenvalue weighted by Crippen LogP contribution is -2.12. The highest BCUT2D eigenvalue weighted by Crippen LogP contribution is 2.24. The second kappa shape index (κ2) is 7.28. The number of Topliss-reactive ketones (excluding diaryl/α,β-unsaturated/α-hetero) is 1. The Morgan fingerprint density at radius 3 is 2.45 bits per heavy atom. The van der Waals surface area contributed by atoms with Crippen LogP contribution in [0.25, 0.3) is 16.9 Å². The molecule has 0 atom stereocenters. The minimum absolute atomic E-state index is 0.0667. The summed E-state index contributed by atoms with van der Waals surface area (Å²) in [6.45, 7) is 8.57. The number of rotatable bonds is 4. The molecule has 4 nitrogen and oxygen atoms in total. The van der Waals surface area contributed by atoms with Crippen molar-refractivity contribution >= 4 is 11.4 Å². The van der Waals surface area contributed by atoms with Gasteiger partial charge in [-0.15, -0.1) is 0 Å². The highest BCUT2D eigenvalue weighted by molar-refractivity contribution is 5.97. The molecule has 0 N–H and O–H groups in total. The monoisotopic (exact) mass is 383 g/mol. The van der Waals surface area contributed by atoms with Crippen LogP contribution in [0, 0.1) is 6.92 Å². The molecule has 2 heterocycles. The standard InChI is InChI=1S/C25H25N3O/c1-17-6-5-7-19(14-17)22-15-21(27-24-12-13-26-28(22)24)16-23(29)18-8-10-20(11-9-18)25(2,3)4/h5-15H,16H2,1-4H3. The molecule has 0 radical (unpaired) electrons. The van der Waals surface area contributed by atoms with Crippen molar-refractivity contribution in [1.82, 2.24) is 14.6 Å². The Hall–Kier alpha value is -3.27. The predicted octanol–water partition coefficient (Wildman–Crippen LogP) is 5.43. The van der Waals surface area contributed by atoms with Crippen LogP contribution in [0.5, 0.6) is 0 Å². The molecule has 0 amide bonds. The Kier molecular flexibility index (Phi) is 4.79. The van der Waals surface area contributed by atoms with Crippen molar-refractivity contribution in [2.24, 2.45) is 0 Å². The van der Waals surface area contributed by atoms with Crippen molar-refractivity contribution in [3.63, 3.8) is 0 Å². The molecule has 0 aliphatic rings. The Bertz CT molecular complexity index is 1180. The van der Waals surface area contributed by atoms with Crippen molar-refractivity contribution in [3.05, 3.63) is 89.2 Å². The van der Waals surface area contributed by atoms with Gasteiger partial charge in [0, 0.05) is 17.2 Å². The molecule has 4 heteroatoms. The lowest BCUT2D eigenvalue weighted by atomic mass is 9.86. The molecule has 0 bridgehead atoms. The van der Waals surface area contributed by atoms with Gasteiger partial charge < -0.3 is 0 Å². The zero-order chi connectivity index (χ0) is 20.6. The minimum Gasteiger partial charge on any atom is -0.294 e. The van der Waals surface area contributed by atoms with Gasteiger partial charge in [-0.05, 0) is 30.0 Å². The normalized spacial score (nSPS) is 11.7. The molecule has 0 aliphatic heterocycles. The van der Waals surface area contributed by atoms with Crippen molar-refractivity contribution < 1.29 is 4.79 Å². The molecule has 0 saturated carbocycles. The van der Waals surface area contributed by atoms with Gasteiger partial charge in [-0.25, -0.2) is 9.50 Å². The summed E-state index contributed by atoms with van der Waals surface area (Å²) in [5, 5.41) is 4.41. The molecule has 146 valence electrons. The fraction of sp³-hybridized carbons (Fsp3) is 0.240. The molecular formula is C25H25N3O. The highest BCUT2D eigenvalue weighted by atomic mass is 16.1. The number of carbonyl (C=O) groups excluding carboxylic acids is 1. The lowest BCUT2D eigenvalue weighted by Gasteiger charge is -2.19. The van der Waals surface area contributed by atoms with Crippen molar-refractivity contribution in [2.45, 2.75) is 39.5 Å². The summed E-state index contributed by atoms with van der Waals surface area (Å²) in [5.74, 6) is 0.0667. The third-order valence-corrected chi connectivity index (χ3v) is 5.14. The Balaban J connectivity index is 1.67. The summed E-state index contributed by atoms with van der Waals surface area (Å²) >= 11 is 0. The first kappa shape index (κ1) is 19.1. The summed E-state index contributed by atoms with van der Waals surface area (Å²) in [4.78, 5) is 17.5. The molecule has 4 rings (SSSR count). The lowest BCUT2D eigenvalue weighted by molar-refractivity contribution is 0.0992. The maximum absolute atomic E-state index is 12.9. The Morgan fingerprint density at radius 1 is 1.00 bits per heavy atom. The number of aryl methyl sites for hydroxylation is 1. The predicted molar refractivity (Wildman–Crippen MR) is 116 cm³/mol. The van der Waals surface area contributed by atoms with Gasteiger partial charge in [0.1, 0.15) is 0 Å².